The van der Waals surface area contributed by atoms with E-state index in [2.05, 4.69) is 43.2 Å². The van der Waals surface area contributed by atoms with Crippen molar-refractivity contribution in [3.63, 3.8) is 0 Å². The van der Waals surface area contributed by atoms with Gasteiger partial charge in [-0.3, -0.25) is 0 Å². The first-order valence-corrected chi connectivity index (χ1v) is 8.38. The Balaban J connectivity index is 2.50. The lowest BCUT2D eigenvalue weighted by Gasteiger charge is -2.41. The van der Waals surface area contributed by atoms with Crippen molar-refractivity contribution in [2.45, 2.75) is 46.5 Å². The van der Waals surface area contributed by atoms with Crippen LogP contribution in [0.25, 0.3) is 0 Å². The second-order valence-electron chi connectivity index (χ2n) is 5.87. The number of nitrogens with zero attached hydrogens (tertiary/aromatic N) is 2. The van der Waals surface area contributed by atoms with Crippen LogP contribution in [0.3, 0.4) is 0 Å². The largest absolute Gasteiger partial charge is 0.301 e. The normalized spacial score (nSPS) is 19.3. The average molecular weight is 273 g/mol. The summed E-state index contributed by atoms with van der Waals surface area (Å²) in [5, 5.41) is 0. The van der Waals surface area contributed by atoms with Crippen molar-refractivity contribution in [2.24, 2.45) is 5.41 Å². The lowest BCUT2D eigenvalue weighted by molar-refractivity contribution is 0.0866. The van der Waals surface area contributed by atoms with Crippen molar-refractivity contribution < 1.29 is 0 Å². The van der Waals surface area contributed by atoms with Crippen molar-refractivity contribution in [2.75, 3.05) is 45.0 Å². The van der Waals surface area contributed by atoms with Crippen molar-refractivity contribution >= 4 is 12.6 Å². The molecule has 1 fully saturated rings. The molecule has 0 N–H and O–H groups in total. The summed E-state index contributed by atoms with van der Waals surface area (Å²) in [5.41, 5.74) is 0.459. The number of hydrogen-bond donors (Lipinski definition) is 1. The van der Waals surface area contributed by atoms with E-state index in [4.69, 9.17) is 0 Å². The Morgan fingerprint density at radius 3 is 1.78 bits per heavy atom. The first-order valence-electron chi connectivity index (χ1n) is 7.75. The van der Waals surface area contributed by atoms with Crippen LogP contribution in [-0.4, -0.2) is 54.8 Å². The van der Waals surface area contributed by atoms with E-state index in [-0.39, 0.29) is 0 Å². The standard InChI is InChI=1S/C15H32N2S/c1-4-7-15(14-18,8-5-2)13-17-11-9-16(6-3)10-12-17/h18H,4-14H2,1-3H3. The predicted molar refractivity (Wildman–Crippen MR) is 84.7 cm³/mol. The van der Waals surface area contributed by atoms with Gasteiger partial charge in [0.25, 0.3) is 0 Å². The van der Waals surface area contributed by atoms with Crippen molar-refractivity contribution in [3.8, 4) is 0 Å². The summed E-state index contributed by atoms with van der Waals surface area (Å²) < 4.78 is 0. The number of piperazine rings is 1. The fraction of sp³-hybridized carbons (Fsp3) is 1.00. The third kappa shape index (κ3) is 4.75. The van der Waals surface area contributed by atoms with Crippen LogP contribution in [-0.2, 0) is 0 Å². The molecule has 0 radical (unpaired) electrons. The van der Waals surface area contributed by atoms with Crippen molar-refractivity contribution in [1.29, 1.82) is 0 Å². The van der Waals surface area contributed by atoms with Crippen LogP contribution in [0.2, 0.25) is 0 Å². The topological polar surface area (TPSA) is 6.48 Å². The smallest absolute Gasteiger partial charge is 0.0110 e. The van der Waals surface area contributed by atoms with E-state index in [1.165, 1.54) is 65.0 Å². The zero-order valence-corrected chi connectivity index (χ0v) is 13.5. The molecule has 0 aromatic rings. The maximum atomic E-state index is 4.67. The summed E-state index contributed by atoms with van der Waals surface area (Å²) in [4.78, 5) is 5.23. The number of rotatable bonds is 8. The maximum absolute atomic E-state index is 4.67. The van der Waals surface area contributed by atoms with Gasteiger partial charge in [0.15, 0.2) is 0 Å². The summed E-state index contributed by atoms with van der Waals surface area (Å²) in [7, 11) is 0. The van der Waals surface area contributed by atoms with Gasteiger partial charge in [-0.1, -0.05) is 33.6 Å². The zero-order chi connectivity index (χ0) is 13.4. The van der Waals surface area contributed by atoms with Gasteiger partial charge >= 0.3 is 0 Å². The number of likely N-dealkylation sites (N-methyl/N-ethyl adjacent to an activating group) is 1. The molecule has 1 aliphatic heterocycles. The van der Waals surface area contributed by atoms with Crippen LogP contribution in [0.15, 0.2) is 0 Å². The summed E-state index contributed by atoms with van der Waals surface area (Å²) in [6.07, 6.45) is 5.24. The summed E-state index contributed by atoms with van der Waals surface area (Å²) in [6.45, 7) is 14.3. The van der Waals surface area contributed by atoms with Crippen LogP contribution in [0.4, 0.5) is 0 Å². The molecule has 0 unspecified atom stereocenters. The monoisotopic (exact) mass is 272 g/mol. The summed E-state index contributed by atoms with van der Waals surface area (Å²) >= 11 is 4.67. The summed E-state index contributed by atoms with van der Waals surface area (Å²) in [5.74, 6) is 1.04. The average Bonchev–Trinajstić information content (AvgIpc) is 2.40. The molecule has 3 heteroatoms. The number of hydrogen-bond acceptors (Lipinski definition) is 3. The molecule has 0 aliphatic carbocycles. The fourth-order valence-electron chi connectivity index (χ4n) is 3.29. The van der Waals surface area contributed by atoms with E-state index in [0.29, 0.717) is 5.41 Å². The molecule has 1 aliphatic rings. The molecule has 0 amide bonds. The molecule has 0 aromatic heterocycles. The quantitative estimate of drug-likeness (QED) is 0.678. The van der Waals surface area contributed by atoms with Crippen molar-refractivity contribution in [3.05, 3.63) is 0 Å². The van der Waals surface area contributed by atoms with Gasteiger partial charge in [-0.25, -0.2) is 0 Å². The Labute approximate surface area is 120 Å². The van der Waals surface area contributed by atoms with Gasteiger partial charge in [0.05, 0.1) is 0 Å². The van der Waals surface area contributed by atoms with E-state index in [1.54, 1.807) is 0 Å². The molecule has 108 valence electrons. The minimum atomic E-state index is 0.459. The highest BCUT2D eigenvalue weighted by Crippen LogP contribution is 2.32. The molecular formula is C15H32N2S. The molecule has 0 saturated carbocycles. The first kappa shape index (κ1) is 16.3. The van der Waals surface area contributed by atoms with Gasteiger partial charge in [0.1, 0.15) is 0 Å². The molecular weight excluding hydrogens is 240 g/mol. The maximum Gasteiger partial charge on any atom is 0.0110 e. The Hall–Kier alpha value is 0.270. The molecule has 1 rings (SSSR count). The summed E-state index contributed by atoms with van der Waals surface area (Å²) in [6, 6.07) is 0. The Morgan fingerprint density at radius 2 is 1.39 bits per heavy atom. The van der Waals surface area contributed by atoms with Gasteiger partial charge < -0.3 is 9.80 Å². The molecule has 0 aromatic carbocycles. The van der Waals surface area contributed by atoms with E-state index in [0.717, 1.165) is 5.75 Å². The van der Waals surface area contributed by atoms with E-state index in [9.17, 15) is 0 Å². The third-order valence-electron chi connectivity index (χ3n) is 4.37. The van der Waals surface area contributed by atoms with Crippen LogP contribution in [0.5, 0.6) is 0 Å². The first-order chi connectivity index (χ1) is 8.69. The molecule has 2 nitrogen and oxygen atoms in total. The fourth-order valence-corrected chi connectivity index (χ4v) is 3.71. The van der Waals surface area contributed by atoms with E-state index < -0.39 is 0 Å². The second kappa shape index (κ2) is 8.44. The van der Waals surface area contributed by atoms with Crippen LogP contribution in [0.1, 0.15) is 46.5 Å². The SMILES string of the molecule is CCCC(CS)(CCC)CN1CCN(CC)CC1. The van der Waals surface area contributed by atoms with Gasteiger partial charge in [-0.2, -0.15) is 12.6 Å². The molecule has 0 atom stereocenters. The van der Waals surface area contributed by atoms with Crippen LogP contribution < -0.4 is 0 Å². The predicted octanol–water partition coefficient (Wildman–Crippen LogP) is 3.14. The third-order valence-corrected chi connectivity index (χ3v) is 5.04. The minimum Gasteiger partial charge on any atom is -0.301 e. The van der Waals surface area contributed by atoms with Crippen LogP contribution >= 0.6 is 12.6 Å². The molecule has 1 heterocycles. The van der Waals surface area contributed by atoms with E-state index >= 15 is 0 Å². The lowest BCUT2D eigenvalue weighted by Crippen LogP contribution is -2.50. The Bertz CT molecular complexity index is 207. The molecule has 18 heavy (non-hydrogen) atoms. The Kier molecular flexibility index (Phi) is 7.66. The Morgan fingerprint density at radius 1 is 0.889 bits per heavy atom. The zero-order valence-electron chi connectivity index (χ0n) is 12.6. The molecule has 0 bridgehead atoms. The lowest BCUT2D eigenvalue weighted by atomic mass is 9.80. The highest BCUT2D eigenvalue weighted by molar-refractivity contribution is 7.80. The second-order valence-corrected chi connectivity index (χ2v) is 6.18. The number of thiol groups is 1. The van der Waals surface area contributed by atoms with Gasteiger partial charge in [-0.05, 0) is 30.6 Å². The van der Waals surface area contributed by atoms with Crippen molar-refractivity contribution in [1.82, 2.24) is 9.80 Å². The highest BCUT2D eigenvalue weighted by Gasteiger charge is 2.30. The van der Waals surface area contributed by atoms with Gasteiger partial charge in [0, 0.05) is 32.7 Å². The molecule has 1 saturated heterocycles. The molecule has 0 spiro atoms. The van der Waals surface area contributed by atoms with Gasteiger partial charge in [0.2, 0.25) is 0 Å². The highest BCUT2D eigenvalue weighted by atomic mass is 32.1. The van der Waals surface area contributed by atoms with Gasteiger partial charge in [-0.15, -0.1) is 0 Å². The van der Waals surface area contributed by atoms with Crippen LogP contribution in [0, 0.1) is 5.41 Å². The minimum absolute atomic E-state index is 0.459. The van der Waals surface area contributed by atoms with E-state index in [1.807, 2.05) is 0 Å².